The average molecular weight is 237 g/mol. The van der Waals surface area contributed by atoms with Crippen molar-refractivity contribution < 1.29 is 4.52 Å². The predicted octanol–water partition coefficient (Wildman–Crippen LogP) is 2.30. The van der Waals surface area contributed by atoms with Crippen LogP contribution >= 0.6 is 0 Å². The lowest BCUT2D eigenvalue weighted by atomic mass is 9.78. The standard InChI is InChI=1S/C13H23N3O/c1-4-13(6-5-7-14-9-13)12-15-11(16-17-12)8-10(2)3/h10,14H,4-9H2,1-3H3. The Bertz CT molecular complexity index is 353. The smallest absolute Gasteiger partial charge is 0.234 e. The lowest BCUT2D eigenvalue weighted by Gasteiger charge is -2.33. The van der Waals surface area contributed by atoms with E-state index in [9.17, 15) is 0 Å². The molecule has 0 saturated carbocycles. The molecule has 1 aliphatic heterocycles. The fourth-order valence-corrected chi connectivity index (χ4v) is 2.52. The van der Waals surface area contributed by atoms with Crippen molar-refractivity contribution >= 4 is 0 Å². The summed E-state index contributed by atoms with van der Waals surface area (Å²) in [6.45, 7) is 8.63. The summed E-state index contributed by atoms with van der Waals surface area (Å²) in [7, 11) is 0. The Labute approximate surface area is 103 Å². The fourth-order valence-electron chi connectivity index (χ4n) is 2.52. The SMILES string of the molecule is CCC1(c2nc(CC(C)C)no2)CCCNC1. The molecule has 2 heterocycles. The molecule has 1 aliphatic rings. The zero-order valence-electron chi connectivity index (χ0n) is 11.1. The maximum absolute atomic E-state index is 5.50. The van der Waals surface area contributed by atoms with Gasteiger partial charge in [0.15, 0.2) is 5.82 Å². The normalized spacial score (nSPS) is 25.4. The third-order valence-electron chi connectivity index (χ3n) is 3.66. The highest BCUT2D eigenvalue weighted by Crippen LogP contribution is 2.33. The van der Waals surface area contributed by atoms with Gasteiger partial charge in [-0.25, -0.2) is 0 Å². The molecule has 1 fully saturated rings. The Hall–Kier alpha value is -0.900. The Balaban J connectivity index is 2.16. The monoisotopic (exact) mass is 237 g/mol. The molecular weight excluding hydrogens is 214 g/mol. The first-order valence-corrected chi connectivity index (χ1v) is 6.70. The van der Waals surface area contributed by atoms with Crippen molar-refractivity contribution in [3.63, 3.8) is 0 Å². The largest absolute Gasteiger partial charge is 0.339 e. The first-order valence-electron chi connectivity index (χ1n) is 6.70. The fraction of sp³-hybridized carbons (Fsp3) is 0.846. The third kappa shape index (κ3) is 2.68. The molecule has 17 heavy (non-hydrogen) atoms. The summed E-state index contributed by atoms with van der Waals surface area (Å²) in [6, 6.07) is 0. The van der Waals surface area contributed by atoms with Crippen LogP contribution in [0.4, 0.5) is 0 Å². The Kier molecular flexibility index (Phi) is 3.82. The van der Waals surface area contributed by atoms with Crippen LogP contribution in [0, 0.1) is 5.92 Å². The molecule has 1 unspecified atom stereocenters. The van der Waals surface area contributed by atoms with Crippen LogP contribution in [0.15, 0.2) is 4.52 Å². The Morgan fingerprint density at radius 2 is 2.29 bits per heavy atom. The van der Waals surface area contributed by atoms with Gasteiger partial charge in [-0.2, -0.15) is 4.98 Å². The van der Waals surface area contributed by atoms with E-state index in [1.54, 1.807) is 0 Å². The van der Waals surface area contributed by atoms with Gasteiger partial charge in [-0.05, 0) is 31.7 Å². The van der Waals surface area contributed by atoms with Crippen LogP contribution in [0.1, 0.15) is 51.7 Å². The number of aromatic nitrogens is 2. The van der Waals surface area contributed by atoms with Gasteiger partial charge in [0.05, 0.1) is 5.41 Å². The Morgan fingerprint density at radius 1 is 1.47 bits per heavy atom. The lowest BCUT2D eigenvalue weighted by Crippen LogP contribution is -2.43. The molecular formula is C13H23N3O. The minimum absolute atomic E-state index is 0.0699. The van der Waals surface area contributed by atoms with Gasteiger partial charge in [0, 0.05) is 13.0 Å². The molecule has 0 aliphatic carbocycles. The van der Waals surface area contributed by atoms with Gasteiger partial charge < -0.3 is 9.84 Å². The van der Waals surface area contributed by atoms with E-state index in [1.807, 2.05) is 0 Å². The molecule has 4 nitrogen and oxygen atoms in total. The summed E-state index contributed by atoms with van der Waals surface area (Å²) < 4.78 is 5.50. The molecule has 0 radical (unpaired) electrons. The van der Waals surface area contributed by atoms with Crippen LogP contribution in [-0.2, 0) is 11.8 Å². The van der Waals surface area contributed by atoms with Crippen molar-refractivity contribution in [2.45, 2.75) is 51.9 Å². The second-order valence-corrected chi connectivity index (χ2v) is 5.53. The predicted molar refractivity (Wildman–Crippen MR) is 66.9 cm³/mol. The summed E-state index contributed by atoms with van der Waals surface area (Å²) >= 11 is 0. The maximum Gasteiger partial charge on any atom is 0.234 e. The quantitative estimate of drug-likeness (QED) is 0.873. The summed E-state index contributed by atoms with van der Waals surface area (Å²) in [4.78, 5) is 4.60. The first-order chi connectivity index (χ1) is 8.16. The van der Waals surface area contributed by atoms with Crippen LogP contribution in [-0.4, -0.2) is 23.2 Å². The van der Waals surface area contributed by atoms with Crippen LogP contribution in [0.3, 0.4) is 0 Å². The van der Waals surface area contributed by atoms with Crippen molar-refractivity contribution in [1.82, 2.24) is 15.5 Å². The molecule has 0 bridgehead atoms. The first kappa shape index (κ1) is 12.6. The van der Waals surface area contributed by atoms with Crippen LogP contribution in [0.25, 0.3) is 0 Å². The molecule has 1 aromatic heterocycles. The van der Waals surface area contributed by atoms with Crippen molar-refractivity contribution in [2.75, 3.05) is 13.1 Å². The number of nitrogens with zero attached hydrogens (tertiary/aromatic N) is 2. The van der Waals surface area contributed by atoms with Crippen molar-refractivity contribution in [2.24, 2.45) is 5.92 Å². The lowest BCUT2D eigenvalue weighted by molar-refractivity contribution is 0.220. The van der Waals surface area contributed by atoms with Gasteiger partial charge in [0.1, 0.15) is 0 Å². The second kappa shape index (κ2) is 5.17. The zero-order valence-corrected chi connectivity index (χ0v) is 11.1. The van der Waals surface area contributed by atoms with Crippen LogP contribution in [0.5, 0.6) is 0 Å². The molecule has 1 saturated heterocycles. The summed E-state index contributed by atoms with van der Waals surface area (Å²) in [5, 5.41) is 7.56. The number of hydrogen-bond acceptors (Lipinski definition) is 4. The minimum Gasteiger partial charge on any atom is -0.339 e. The highest BCUT2D eigenvalue weighted by atomic mass is 16.5. The average Bonchev–Trinajstić information content (AvgIpc) is 2.78. The van der Waals surface area contributed by atoms with Crippen LogP contribution in [0.2, 0.25) is 0 Å². The van der Waals surface area contributed by atoms with E-state index < -0.39 is 0 Å². The molecule has 0 amide bonds. The zero-order chi connectivity index (χ0) is 12.3. The number of rotatable bonds is 4. The van der Waals surface area contributed by atoms with E-state index in [4.69, 9.17) is 4.52 Å². The number of piperidine rings is 1. The van der Waals surface area contributed by atoms with Gasteiger partial charge >= 0.3 is 0 Å². The van der Waals surface area contributed by atoms with Gasteiger partial charge in [0.2, 0.25) is 5.89 Å². The number of nitrogens with one attached hydrogen (secondary N) is 1. The summed E-state index contributed by atoms with van der Waals surface area (Å²) in [6.07, 6.45) is 4.30. The molecule has 0 spiro atoms. The highest BCUT2D eigenvalue weighted by molar-refractivity contribution is 5.08. The van der Waals surface area contributed by atoms with E-state index >= 15 is 0 Å². The van der Waals surface area contributed by atoms with Crippen molar-refractivity contribution in [3.05, 3.63) is 11.7 Å². The molecule has 1 N–H and O–H groups in total. The van der Waals surface area contributed by atoms with Gasteiger partial charge in [-0.3, -0.25) is 0 Å². The molecule has 1 aromatic rings. The molecule has 1 atom stereocenters. The Morgan fingerprint density at radius 3 is 2.88 bits per heavy atom. The minimum atomic E-state index is 0.0699. The van der Waals surface area contributed by atoms with Crippen molar-refractivity contribution in [1.29, 1.82) is 0 Å². The van der Waals surface area contributed by atoms with Gasteiger partial charge in [-0.15, -0.1) is 0 Å². The summed E-state index contributed by atoms with van der Waals surface area (Å²) in [5.74, 6) is 2.26. The second-order valence-electron chi connectivity index (χ2n) is 5.53. The number of hydrogen-bond donors (Lipinski definition) is 1. The van der Waals surface area contributed by atoms with Gasteiger partial charge in [-0.1, -0.05) is 25.9 Å². The van der Waals surface area contributed by atoms with E-state index in [0.717, 1.165) is 44.1 Å². The maximum atomic E-state index is 5.50. The topological polar surface area (TPSA) is 51.0 Å². The van der Waals surface area contributed by atoms with Crippen molar-refractivity contribution in [3.8, 4) is 0 Å². The van der Waals surface area contributed by atoms with Crippen LogP contribution < -0.4 is 5.32 Å². The highest BCUT2D eigenvalue weighted by Gasteiger charge is 2.37. The van der Waals surface area contributed by atoms with E-state index in [2.05, 4.69) is 36.2 Å². The summed E-state index contributed by atoms with van der Waals surface area (Å²) in [5.41, 5.74) is 0.0699. The molecule has 96 valence electrons. The van der Waals surface area contributed by atoms with E-state index in [-0.39, 0.29) is 5.41 Å². The van der Waals surface area contributed by atoms with E-state index in [0.29, 0.717) is 5.92 Å². The molecule has 0 aromatic carbocycles. The molecule has 2 rings (SSSR count). The van der Waals surface area contributed by atoms with Gasteiger partial charge in [0.25, 0.3) is 0 Å². The van der Waals surface area contributed by atoms with E-state index in [1.165, 1.54) is 6.42 Å². The molecule has 4 heteroatoms. The third-order valence-corrected chi connectivity index (χ3v) is 3.66.